The second-order valence-corrected chi connectivity index (χ2v) is 5.78. The number of hydrogen-bond acceptors (Lipinski definition) is 5. The molecule has 4 N–H and O–H groups in total. The van der Waals surface area contributed by atoms with Gasteiger partial charge in [-0.3, -0.25) is 9.82 Å². The summed E-state index contributed by atoms with van der Waals surface area (Å²) in [6.45, 7) is 2.48. The van der Waals surface area contributed by atoms with Crippen molar-refractivity contribution in [3.8, 4) is 5.75 Å². The summed E-state index contributed by atoms with van der Waals surface area (Å²) in [5.74, 6) is 0.637. The molecular formula is C12H16N4O3S. The number of anilines is 1. The molecule has 0 aliphatic carbocycles. The van der Waals surface area contributed by atoms with Crippen molar-refractivity contribution >= 4 is 15.7 Å². The molecule has 0 aliphatic rings. The van der Waals surface area contributed by atoms with E-state index in [9.17, 15) is 8.42 Å². The molecule has 0 bridgehead atoms. The first kappa shape index (κ1) is 14.4. The van der Waals surface area contributed by atoms with E-state index in [-0.39, 0.29) is 4.90 Å². The van der Waals surface area contributed by atoms with E-state index in [1.165, 1.54) is 6.20 Å². The van der Waals surface area contributed by atoms with E-state index in [1.54, 1.807) is 31.2 Å². The third kappa shape index (κ3) is 3.28. The molecule has 0 aliphatic heterocycles. The maximum absolute atomic E-state index is 12.1. The van der Waals surface area contributed by atoms with Crippen LogP contribution in [0.4, 0.5) is 5.69 Å². The van der Waals surface area contributed by atoms with E-state index >= 15 is 0 Å². The molecule has 0 saturated carbocycles. The highest BCUT2D eigenvalue weighted by Crippen LogP contribution is 2.20. The van der Waals surface area contributed by atoms with Crippen LogP contribution >= 0.6 is 0 Å². The van der Waals surface area contributed by atoms with Crippen molar-refractivity contribution in [2.75, 3.05) is 17.9 Å². The molecule has 1 heterocycles. The molecule has 2 aromatic rings. The second kappa shape index (κ2) is 5.93. The van der Waals surface area contributed by atoms with E-state index in [0.717, 1.165) is 0 Å². The second-order valence-electron chi connectivity index (χ2n) is 4.13. The molecule has 0 amide bonds. The number of ether oxygens (including phenoxy) is 1. The average molecular weight is 296 g/mol. The monoisotopic (exact) mass is 296 g/mol. The zero-order chi connectivity index (χ0) is 14.6. The third-order valence-corrected chi connectivity index (χ3v) is 4.06. The minimum Gasteiger partial charge on any atom is -0.492 e. The predicted molar refractivity (Wildman–Crippen MR) is 75.1 cm³/mol. The number of aromatic nitrogens is 2. The van der Waals surface area contributed by atoms with Crippen molar-refractivity contribution in [1.29, 1.82) is 0 Å². The minimum atomic E-state index is -3.64. The first-order chi connectivity index (χ1) is 9.53. The van der Waals surface area contributed by atoms with Gasteiger partial charge in [-0.15, -0.1) is 0 Å². The van der Waals surface area contributed by atoms with Gasteiger partial charge in [-0.1, -0.05) is 0 Å². The van der Waals surface area contributed by atoms with Gasteiger partial charge in [-0.2, -0.15) is 5.10 Å². The van der Waals surface area contributed by atoms with Crippen LogP contribution in [0.3, 0.4) is 0 Å². The summed E-state index contributed by atoms with van der Waals surface area (Å²) in [5.41, 5.74) is 6.27. The zero-order valence-corrected chi connectivity index (χ0v) is 11.8. The molecule has 0 saturated heterocycles. The maximum atomic E-state index is 12.1. The lowest BCUT2D eigenvalue weighted by Gasteiger charge is -2.08. The lowest BCUT2D eigenvalue weighted by molar-refractivity contribution is 0.328. The van der Waals surface area contributed by atoms with Crippen LogP contribution < -0.4 is 15.2 Å². The minimum absolute atomic E-state index is 0.126. The number of nitrogens with one attached hydrogen (secondary N) is 2. The van der Waals surface area contributed by atoms with Gasteiger partial charge < -0.3 is 10.5 Å². The molecule has 2 rings (SSSR count). The Morgan fingerprint density at radius 1 is 1.35 bits per heavy atom. The fourth-order valence-electron chi connectivity index (χ4n) is 1.62. The highest BCUT2D eigenvalue weighted by Gasteiger charge is 2.18. The predicted octanol–water partition coefficient (Wildman–Crippen LogP) is 0.856. The smallest absolute Gasteiger partial charge is 0.265 e. The fourth-order valence-corrected chi connectivity index (χ4v) is 2.81. The Bertz CT molecular complexity index is 664. The molecule has 7 nitrogen and oxygen atoms in total. The van der Waals surface area contributed by atoms with Gasteiger partial charge in [0.05, 0.1) is 11.9 Å². The van der Waals surface area contributed by atoms with Crippen LogP contribution in [0, 0.1) is 6.92 Å². The summed E-state index contributed by atoms with van der Waals surface area (Å²) in [4.78, 5) is 0.126. The lowest BCUT2D eigenvalue weighted by Crippen LogP contribution is -2.13. The summed E-state index contributed by atoms with van der Waals surface area (Å²) in [7, 11) is -3.64. The SMILES string of the molecule is Cc1[nH]ncc1S(=O)(=O)Nc1ccc(OCCN)cc1. The van der Waals surface area contributed by atoms with Crippen LogP contribution in [0.15, 0.2) is 35.4 Å². The van der Waals surface area contributed by atoms with Crippen LogP contribution in [0.5, 0.6) is 5.75 Å². The first-order valence-corrected chi connectivity index (χ1v) is 7.47. The Morgan fingerprint density at radius 3 is 2.60 bits per heavy atom. The summed E-state index contributed by atoms with van der Waals surface area (Å²) < 4.78 is 32.0. The summed E-state index contributed by atoms with van der Waals surface area (Å²) in [6, 6.07) is 6.60. The molecule has 1 aromatic carbocycles. The molecule has 1 aromatic heterocycles. The highest BCUT2D eigenvalue weighted by atomic mass is 32.2. The molecular weight excluding hydrogens is 280 g/mol. The summed E-state index contributed by atoms with van der Waals surface area (Å²) in [6.07, 6.45) is 1.27. The van der Waals surface area contributed by atoms with E-state index in [1.807, 2.05) is 0 Å². The van der Waals surface area contributed by atoms with Gasteiger partial charge >= 0.3 is 0 Å². The number of nitrogens with zero attached hydrogens (tertiary/aromatic N) is 1. The van der Waals surface area contributed by atoms with E-state index in [0.29, 0.717) is 30.3 Å². The summed E-state index contributed by atoms with van der Waals surface area (Å²) in [5, 5.41) is 6.29. The first-order valence-electron chi connectivity index (χ1n) is 5.98. The van der Waals surface area contributed by atoms with Crippen LogP contribution in [0.2, 0.25) is 0 Å². The zero-order valence-electron chi connectivity index (χ0n) is 11.0. The molecule has 8 heteroatoms. The Labute approximate surface area is 117 Å². The molecule has 20 heavy (non-hydrogen) atoms. The molecule has 108 valence electrons. The van der Waals surface area contributed by atoms with E-state index < -0.39 is 10.0 Å². The number of H-pyrrole nitrogens is 1. The molecule has 0 atom stereocenters. The Morgan fingerprint density at radius 2 is 2.05 bits per heavy atom. The lowest BCUT2D eigenvalue weighted by atomic mass is 10.3. The standard InChI is InChI=1S/C12H16N4O3S/c1-9-12(8-14-15-9)20(17,18)16-10-2-4-11(5-3-10)19-7-6-13/h2-5,8,16H,6-7,13H2,1H3,(H,14,15). The maximum Gasteiger partial charge on any atom is 0.265 e. The normalized spacial score (nSPS) is 11.3. The van der Waals surface area contributed by atoms with Gasteiger partial charge in [0.1, 0.15) is 17.3 Å². The van der Waals surface area contributed by atoms with Crippen molar-refractivity contribution in [3.05, 3.63) is 36.2 Å². The van der Waals surface area contributed by atoms with Gasteiger partial charge in [-0.05, 0) is 31.2 Å². The molecule has 0 spiro atoms. The van der Waals surface area contributed by atoms with Gasteiger partial charge in [0, 0.05) is 12.2 Å². The number of hydrogen-bond donors (Lipinski definition) is 3. The molecule has 0 radical (unpaired) electrons. The quantitative estimate of drug-likeness (QED) is 0.732. The van der Waals surface area contributed by atoms with Gasteiger partial charge in [0.15, 0.2) is 0 Å². The number of benzene rings is 1. The van der Waals surface area contributed by atoms with Crippen LogP contribution in [-0.2, 0) is 10.0 Å². The van der Waals surface area contributed by atoms with Crippen molar-refractivity contribution in [3.63, 3.8) is 0 Å². The van der Waals surface area contributed by atoms with Crippen LogP contribution in [0.25, 0.3) is 0 Å². The molecule has 0 unspecified atom stereocenters. The summed E-state index contributed by atoms with van der Waals surface area (Å²) >= 11 is 0. The highest BCUT2D eigenvalue weighted by molar-refractivity contribution is 7.92. The third-order valence-electron chi connectivity index (χ3n) is 2.57. The van der Waals surface area contributed by atoms with E-state index in [4.69, 9.17) is 10.5 Å². The van der Waals surface area contributed by atoms with Crippen molar-refractivity contribution in [2.45, 2.75) is 11.8 Å². The number of rotatable bonds is 6. The fraction of sp³-hybridized carbons (Fsp3) is 0.250. The van der Waals surface area contributed by atoms with Gasteiger partial charge in [0.25, 0.3) is 10.0 Å². The van der Waals surface area contributed by atoms with Gasteiger partial charge in [-0.25, -0.2) is 8.42 Å². The number of aryl methyl sites for hydroxylation is 1. The van der Waals surface area contributed by atoms with Crippen molar-refractivity contribution in [1.82, 2.24) is 10.2 Å². The number of nitrogens with two attached hydrogens (primary N) is 1. The van der Waals surface area contributed by atoms with E-state index in [2.05, 4.69) is 14.9 Å². The Hall–Kier alpha value is -2.06. The molecule has 0 fully saturated rings. The average Bonchev–Trinajstić information content (AvgIpc) is 2.85. The largest absolute Gasteiger partial charge is 0.492 e. The topological polar surface area (TPSA) is 110 Å². The van der Waals surface area contributed by atoms with Crippen LogP contribution in [0.1, 0.15) is 5.69 Å². The number of sulfonamides is 1. The van der Waals surface area contributed by atoms with Crippen LogP contribution in [-0.4, -0.2) is 31.8 Å². The van der Waals surface area contributed by atoms with Gasteiger partial charge in [0.2, 0.25) is 0 Å². The number of aromatic amines is 1. The van der Waals surface area contributed by atoms with Crippen molar-refractivity contribution in [2.24, 2.45) is 5.73 Å². The Balaban J connectivity index is 2.12. The van der Waals surface area contributed by atoms with Crippen molar-refractivity contribution < 1.29 is 13.2 Å². The Kier molecular flexibility index (Phi) is 4.26.